The minimum absolute atomic E-state index is 0.191. The van der Waals surface area contributed by atoms with Gasteiger partial charge in [-0.3, -0.25) is 19.3 Å². The van der Waals surface area contributed by atoms with Crippen LogP contribution in [0.15, 0.2) is 74.5 Å². The number of hydrogen-bond acceptors (Lipinski definition) is 5. The molecule has 3 amide bonds. The zero-order valence-electron chi connectivity index (χ0n) is 18.9. The summed E-state index contributed by atoms with van der Waals surface area (Å²) < 4.78 is 7.07. The van der Waals surface area contributed by atoms with E-state index in [-0.39, 0.29) is 30.2 Å². The lowest BCUT2D eigenvalue weighted by molar-refractivity contribution is -0.123. The van der Waals surface area contributed by atoms with Gasteiger partial charge in [0.1, 0.15) is 5.75 Å². The van der Waals surface area contributed by atoms with Crippen molar-refractivity contribution in [3.8, 4) is 5.75 Å². The van der Waals surface area contributed by atoms with E-state index in [0.29, 0.717) is 31.4 Å². The van der Waals surface area contributed by atoms with Crippen molar-refractivity contribution in [2.75, 3.05) is 11.9 Å². The van der Waals surface area contributed by atoms with E-state index < -0.39 is 0 Å². The summed E-state index contributed by atoms with van der Waals surface area (Å²) in [6, 6.07) is 17.9. The van der Waals surface area contributed by atoms with Gasteiger partial charge >= 0.3 is 0 Å². The Balaban J connectivity index is 1.39. The fraction of sp³-hybridized carbons (Fsp3) is 0.115. The molecule has 10 heteroatoms. The Morgan fingerprint density at radius 3 is 2.58 bits per heavy atom. The average Bonchev–Trinajstić information content (AvgIpc) is 3.09. The quantitative estimate of drug-likeness (QED) is 0.269. The topological polar surface area (TPSA) is 75.7 Å². The summed E-state index contributed by atoms with van der Waals surface area (Å²) in [5.74, 6) is -0.207. The van der Waals surface area contributed by atoms with Crippen LogP contribution >= 0.6 is 55.2 Å². The van der Waals surface area contributed by atoms with E-state index in [4.69, 9.17) is 16.3 Å². The predicted octanol–water partition coefficient (Wildman–Crippen LogP) is 7.43. The van der Waals surface area contributed by atoms with Crippen LogP contribution in [0.1, 0.15) is 16.7 Å². The molecule has 6 nitrogen and oxygen atoms in total. The number of amides is 3. The molecule has 0 aliphatic carbocycles. The average molecular weight is 651 g/mol. The number of benzene rings is 3. The van der Waals surface area contributed by atoms with Crippen molar-refractivity contribution in [3.05, 3.63) is 96.2 Å². The van der Waals surface area contributed by atoms with Crippen molar-refractivity contribution in [1.82, 2.24) is 4.90 Å². The lowest BCUT2D eigenvalue weighted by Crippen LogP contribution is -2.27. The van der Waals surface area contributed by atoms with E-state index in [1.165, 1.54) is 4.90 Å². The second-order valence-corrected chi connectivity index (χ2v) is 11.0. The lowest BCUT2D eigenvalue weighted by Gasteiger charge is -2.13. The number of thioether (sulfide) groups is 1. The molecule has 1 aliphatic heterocycles. The Morgan fingerprint density at radius 2 is 1.86 bits per heavy atom. The Kier molecular flexibility index (Phi) is 8.56. The number of aryl methyl sites for hydroxylation is 1. The van der Waals surface area contributed by atoms with Crippen LogP contribution < -0.4 is 10.1 Å². The van der Waals surface area contributed by atoms with Crippen LogP contribution in [0.2, 0.25) is 5.02 Å². The fourth-order valence-electron chi connectivity index (χ4n) is 3.32. The van der Waals surface area contributed by atoms with Crippen LogP contribution in [0.4, 0.5) is 10.5 Å². The van der Waals surface area contributed by atoms with Gasteiger partial charge in [0.25, 0.3) is 17.1 Å². The molecule has 0 aromatic heterocycles. The zero-order valence-corrected chi connectivity index (χ0v) is 23.6. The molecule has 0 bridgehead atoms. The van der Waals surface area contributed by atoms with Crippen LogP contribution in [0.3, 0.4) is 0 Å². The number of nitrogens with zero attached hydrogens (tertiary/aromatic N) is 1. The molecule has 1 saturated heterocycles. The first-order valence-corrected chi connectivity index (χ1v) is 13.5. The van der Waals surface area contributed by atoms with Gasteiger partial charge in [0, 0.05) is 15.2 Å². The maximum atomic E-state index is 12.9. The van der Waals surface area contributed by atoms with E-state index in [1.54, 1.807) is 36.4 Å². The summed E-state index contributed by atoms with van der Waals surface area (Å²) in [4.78, 5) is 39.2. The molecule has 1 fully saturated rings. The van der Waals surface area contributed by atoms with Gasteiger partial charge in [0.15, 0.2) is 6.61 Å². The van der Waals surface area contributed by atoms with Gasteiger partial charge in [-0.05, 0) is 87.7 Å². The van der Waals surface area contributed by atoms with Crippen molar-refractivity contribution in [2.45, 2.75) is 13.5 Å². The van der Waals surface area contributed by atoms with Crippen LogP contribution in [0, 0.1) is 6.92 Å². The monoisotopic (exact) mass is 648 g/mol. The van der Waals surface area contributed by atoms with E-state index in [0.717, 1.165) is 27.4 Å². The number of carbonyl (C=O) groups is 3. The van der Waals surface area contributed by atoms with Crippen LogP contribution in [-0.2, 0) is 16.1 Å². The summed E-state index contributed by atoms with van der Waals surface area (Å²) in [7, 11) is 0. The summed E-state index contributed by atoms with van der Waals surface area (Å²) in [6.07, 6.45) is 1.66. The van der Waals surface area contributed by atoms with Gasteiger partial charge < -0.3 is 10.1 Å². The second-order valence-electron chi connectivity index (χ2n) is 7.85. The number of rotatable bonds is 7. The maximum absolute atomic E-state index is 12.9. The number of carbonyl (C=O) groups excluding carboxylic acids is 3. The maximum Gasteiger partial charge on any atom is 0.293 e. The number of nitrogens with one attached hydrogen (secondary N) is 1. The van der Waals surface area contributed by atoms with E-state index in [9.17, 15) is 14.4 Å². The fourth-order valence-corrected chi connectivity index (χ4v) is 5.26. The molecule has 0 saturated carbocycles. The SMILES string of the molecule is Cc1ccc(NC(=O)COc2ccc(/C=C3\SC(=O)N(Cc4ccccc4Br)C3=O)cc2Br)cc1Cl. The third-order valence-corrected chi connectivity index (χ3v) is 7.94. The number of anilines is 1. The normalized spacial score (nSPS) is 14.4. The zero-order chi connectivity index (χ0) is 25.8. The molecule has 3 aromatic carbocycles. The number of hydrogen-bond donors (Lipinski definition) is 1. The summed E-state index contributed by atoms with van der Waals surface area (Å²) in [6.45, 7) is 1.88. The molecule has 1 heterocycles. The summed E-state index contributed by atoms with van der Waals surface area (Å²) >= 11 is 13.9. The highest BCUT2D eigenvalue weighted by Gasteiger charge is 2.35. The van der Waals surface area contributed by atoms with Crippen molar-refractivity contribution in [1.29, 1.82) is 0 Å². The van der Waals surface area contributed by atoms with Crippen molar-refractivity contribution in [2.24, 2.45) is 0 Å². The van der Waals surface area contributed by atoms with Crippen molar-refractivity contribution < 1.29 is 19.1 Å². The van der Waals surface area contributed by atoms with E-state index in [2.05, 4.69) is 37.2 Å². The highest BCUT2D eigenvalue weighted by atomic mass is 79.9. The van der Waals surface area contributed by atoms with Gasteiger partial charge in [-0.1, -0.05) is 57.9 Å². The van der Waals surface area contributed by atoms with Gasteiger partial charge in [-0.25, -0.2) is 0 Å². The molecule has 0 atom stereocenters. The molecule has 1 N–H and O–H groups in total. The van der Waals surface area contributed by atoms with Gasteiger partial charge in [-0.2, -0.15) is 0 Å². The first-order valence-electron chi connectivity index (χ1n) is 10.7. The molecule has 0 radical (unpaired) electrons. The Bertz CT molecular complexity index is 1400. The van der Waals surface area contributed by atoms with Crippen LogP contribution in [-0.4, -0.2) is 28.6 Å². The number of ether oxygens (including phenoxy) is 1. The smallest absolute Gasteiger partial charge is 0.293 e. The highest BCUT2D eigenvalue weighted by Crippen LogP contribution is 2.35. The minimum atomic E-state index is -0.343. The molecular formula is C26H19Br2ClN2O4S. The lowest BCUT2D eigenvalue weighted by atomic mass is 10.2. The van der Waals surface area contributed by atoms with Crippen molar-refractivity contribution >= 4 is 84.0 Å². The largest absolute Gasteiger partial charge is 0.483 e. The standard InChI is InChI=1S/C26H19Br2ClN2O4S/c1-15-6-8-18(12-21(15)29)30-24(32)14-35-22-9-7-16(10-20(22)28)11-23-25(33)31(26(34)36-23)13-17-4-2-3-5-19(17)27/h2-12H,13-14H2,1H3,(H,30,32)/b23-11-. The van der Waals surface area contributed by atoms with Crippen LogP contribution in [0.25, 0.3) is 6.08 Å². The second kappa shape index (κ2) is 11.6. The van der Waals surface area contributed by atoms with E-state index in [1.807, 2.05) is 37.3 Å². The van der Waals surface area contributed by atoms with Crippen molar-refractivity contribution in [3.63, 3.8) is 0 Å². The van der Waals surface area contributed by atoms with Crippen LogP contribution in [0.5, 0.6) is 5.75 Å². The highest BCUT2D eigenvalue weighted by molar-refractivity contribution is 9.10. The summed E-state index contributed by atoms with van der Waals surface area (Å²) in [5.41, 5.74) is 3.06. The minimum Gasteiger partial charge on any atom is -0.483 e. The number of halogens is 3. The van der Waals surface area contributed by atoms with Gasteiger partial charge in [0.2, 0.25) is 0 Å². The van der Waals surface area contributed by atoms with Gasteiger partial charge in [-0.15, -0.1) is 0 Å². The Labute approximate surface area is 234 Å². The predicted molar refractivity (Wildman–Crippen MR) is 150 cm³/mol. The molecule has 0 spiro atoms. The molecule has 4 rings (SSSR count). The Morgan fingerprint density at radius 1 is 1.08 bits per heavy atom. The molecular weight excluding hydrogens is 632 g/mol. The molecule has 184 valence electrons. The first kappa shape index (κ1) is 26.5. The molecule has 1 aliphatic rings. The Hall–Kier alpha value is -2.59. The third-order valence-electron chi connectivity index (χ3n) is 5.23. The number of imide groups is 1. The first-order chi connectivity index (χ1) is 17.2. The molecule has 3 aromatic rings. The van der Waals surface area contributed by atoms with E-state index >= 15 is 0 Å². The van der Waals surface area contributed by atoms with Gasteiger partial charge in [0.05, 0.1) is 15.9 Å². The molecule has 36 heavy (non-hydrogen) atoms. The molecule has 0 unspecified atom stereocenters. The summed E-state index contributed by atoms with van der Waals surface area (Å²) in [5, 5.41) is 2.99. The third kappa shape index (κ3) is 6.39.